The summed E-state index contributed by atoms with van der Waals surface area (Å²) in [6, 6.07) is 6.82. The van der Waals surface area contributed by atoms with Crippen LogP contribution in [0.15, 0.2) is 49.1 Å². The number of nitrogens with zero attached hydrogens (tertiary/aromatic N) is 5. The molecule has 1 fully saturated rings. The molecule has 1 saturated heterocycles. The summed E-state index contributed by atoms with van der Waals surface area (Å²) < 4.78 is 1.67. The first kappa shape index (κ1) is 20.2. The molecule has 2 aliphatic rings. The number of hydrogen-bond donors (Lipinski definition) is 1. The van der Waals surface area contributed by atoms with Gasteiger partial charge < -0.3 is 10.2 Å². The Hall–Kier alpha value is -3.72. The number of halogens is 1. The number of likely N-dealkylation sites (N-methyl/N-ethyl adjacent to an activating group) is 1. The zero-order chi connectivity index (χ0) is 22.6. The fourth-order valence-corrected chi connectivity index (χ4v) is 4.61. The van der Waals surface area contributed by atoms with Crippen LogP contribution in [-0.2, 0) is 16.6 Å². The normalized spacial score (nSPS) is 19.7. The second kappa shape index (κ2) is 7.16. The molecule has 9 nitrogen and oxygen atoms in total. The van der Waals surface area contributed by atoms with Gasteiger partial charge in [0.25, 0.3) is 11.8 Å². The van der Waals surface area contributed by atoms with E-state index in [1.807, 2.05) is 19.3 Å². The van der Waals surface area contributed by atoms with E-state index in [9.17, 15) is 14.4 Å². The van der Waals surface area contributed by atoms with Crippen LogP contribution in [0.5, 0.6) is 0 Å². The maximum absolute atomic E-state index is 13.6. The Kier molecular flexibility index (Phi) is 4.52. The highest BCUT2D eigenvalue weighted by atomic mass is 35.5. The van der Waals surface area contributed by atoms with Gasteiger partial charge in [0.15, 0.2) is 0 Å². The number of pyridine rings is 1. The molecule has 10 heteroatoms. The van der Waals surface area contributed by atoms with E-state index in [1.54, 1.807) is 36.1 Å². The summed E-state index contributed by atoms with van der Waals surface area (Å²) in [5.74, 6) is -1.06. The van der Waals surface area contributed by atoms with Gasteiger partial charge in [0.1, 0.15) is 0 Å². The lowest BCUT2D eigenvalue weighted by atomic mass is 9.94. The number of aromatic nitrogens is 3. The quantitative estimate of drug-likeness (QED) is 0.661. The van der Waals surface area contributed by atoms with Gasteiger partial charge in [0.2, 0.25) is 11.6 Å². The number of nitrogens with one attached hydrogen (secondary N) is 1. The molecule has 0 radical (unpaired) electrons. The lowest BCUT2D eigenvalue weighted by Gasteiger charge is -2.47. The Morgan fingerprint density at radius 1 is 1.12 bits per heavy atom. The molecule has 2 aromatic heterocycles. The van der Waals surface area contributed by atoms with E-state index in [4.69, 9.17) is 11.6 Å². The minimum Gasteiger partial charge on any atom is -0.321 e. The summed E-state index contributed by atoms with van der Waals surface area (Å²) >= 11 is 5.99. The standard InChI is InChI=1S/C22H19ClN6O3/c1-27-12-14(9-25-27)13-3-4-17-18(7-13)29-19(30)5-6-22(29,28(2)20(17)31)21(32)26-16-8-15(23)10-24-11-16/h3-4,7-12H,5-6H2,1-2H3,(H,26,32). The van der Waals surface area contributed by atoms with Crippen molar-refractivity contribution in [2.75, 3.05) is 17.3 Å². The highest BCUT2D eigenvalue weighted by Gasteiger charge is 2.59. The molecule has 1 atom stereocenters. The summed E-state index contributed by atoms with van der Waals surface area (Å²) in [6.07, 6.45) is 6.76. The molecule has 4 heterocycles. The van der Waals surface area contributed by atoms with E-state index in [1.165, 1.54) is 22.2 Å². The first-order chi connectivity index (χ1) is 15.3. The third-order valence-corrected chi connectivity index (χ3v) is 6.21. The molecule has 1 unspecified atom stereocenters. The zero-order valence-corrected chi connectivity index (χ0v) is 18.1. The van der Waals surface area contributed by atoms with E-state index in [0.29, 0.717) is 22.0 Å². The van der Waals surface area contributed by atoms with Crippen molar-refractivity contribution in [3.63, 3.8) is 0 Å². The van der Waals surface area contributed by atoms with Crippen LogP contribution in [0.25, 0.3) is 11.1 Å². The van der Waals surface area contributed by atoms with Crippen LogP contribution < -0.4 is 10.2 Å². The lowest BCUT2D eigenvalue weighted by Crippen LogP contribution is -2.68. The molecule has 1 N–H and O–H groups in total. The number of aryl methyl sites for hydroxylation is 1. The number of amides is 3. The predicted molar refractivity (Wildman–Crippen MR) is 118 cm³/mol. The van der Waals surface area contributed by atoms with Gasteiger partial charge in [-0.15, -0.1) is 0 Å². The summed E-state index contributed by atoms with van der Waals surface area (Å²) in [5, 5.41) is 7.33. The summed E-state index contributed by atoms with van der Waals surface area (Å²) in [6.45, 7) is 0. The first-order valence-electron chi connectivity index (χ1n) is 9.97. The second-order valence-corrected chi connectivity index (χ2v) is 8.33. The monoisotopic (exact) mass is 450 g/mol. The van der Waals surface area contributed by atoms with Crippen molar-refractivity contribution < 1.29 is 14.4 Å². The molecule has 162 valence electrons. The topological polar surface area (TPSA) is 100 Å². The summed E-state index contributed by atoms with van der Waals surface area (Å²) in [4.78, 5) is 46.7. The Morgan fingerprint density at radius 2 is 1.94 bits per heavy atom. The summed E-state index contributed by atoms with van der Waals surface area (Å²) in [5.41, 5.74) is 1.30. The average molecular weight is 451 g/mol. The summed E-state index contributed by atoms with van der Waals surface area (Å²) in [7, 11) is 3.35. The minimum absolute atomic E-state index is 0.134. The van der Waals surface area contributed by atoms with E-state index in [2.05, 4.69) is 15.4 Å². The molecule has 3 aromatic rings. The molecule has 3 amide bonds. The van der Waals surface area contributed by atoms with Gasteiger partial charge in [-0.1, -0.05) is 17.7 Å². The third kappa shape index (κ3) is 2.89. The van der Waals surface area contributed by atoms with Crippen LogP contribution in [0, 0.1) is 0 Å². The Balaban J connectivity index is 1.62. The van der Waals surface area contributed by atoms with Gasteiger partial charge in [0, 0.05) is 44.9 Å². The molecule has 0 aliphatic carbocycles. The van der Waals surface area contributed by atoms with Crippen LogP contribution in [0.4, 0.5) is 11.4 Å². The van der Waals surface area contributed by atoms with Crippen molar-refractivity contribution >= 4 is 40.7 Å². The molecule has 1 aromatic carbocycles. The maximum Gasteiger partial charge on any atom is 0.271 e. The highest BCUT2D eigenvalue weighted by molar-refractivity contribution is 6.30. The fraction of sp³-hybridized carbons (Fsp3) is 0.227. The number of fused-ring (bicyclic) bond motifs is 3. The molecule has 0 saturated carbocycles. The molecular weight excluding hydrogens is 432 g/mol. The molecule has 0 bridgehead atoms. The second-order valence-electron chi connectivity index (χ2n) is 7.89. The van der Waals surface area contributed by atoms with Gasteiger partial charge in [-0.2, -0.15) is 5.10 Å². The van der Waals surface area contributed by atoms with Crippen LogP contribution in [0.2, 0.25) is 5.02 Å². The number of rotatable bonds is 3. The van der Waals surface area contributed by atoms with E-state index >= 15 is 0 Å². The number of carbonyl (C=O) groups is 3. The minimum atomic E-state index is -1.49. The smallest absolute Gasteiger partial charge is 0.271 e. The molecular formula is C22H19ClN6O3. The van der Waals surface area contributed by atoms with Crippen LogP contribution >= 0.6 is 11.6 Å². The van der Waals surface area contributed by atoms with Crippen molar-refractivity contribution in [1.82, 2.24) is 19.7 Å². The van der Waals surface area contributed by atoms with Gasteiger partial charge in [-0.3, -0.25) is 28.9 Å². The third-order valence-electron chi connectivity index (χ3n) is 6.00. The van der Waals surface area contributed by atoms with Gasteiger partial charge in [-0.05, 0) is 23.8 Å². The predicted octanol–water partition coefficient (Wildman–Crippen LogP) is 2.68. The molecule has 2 aliphatic heterocycles. The van der Waals surface area contributed by atoms with Gasteiger partial charge in [-0.25, -0.2) is 0 Å². The van der Waals surface area contributed by atoms with Crippen LogP contribution in [0.3, 0.4) is 0 Å². The number of hydrogen-bond acceptors (Lipinski definition) is 5. The van der Waals surface area contributed by atoms with E-state index in [0.717, 1.165) is 11.1 Å². The SMILES string of the molecule is CN1C(=O)c2ccc(-c3cnn(C)c3)cc2N2C(=O)CCC12C(=O)Nc1cncc(Cl)c1. The van der Waals surface area contributed by atoms with Gasteiger partial charge >= 0.3 is 0 Å². The maximum atomic E-state index is 13.6. The zero-order valence-electron chi connectivity index (χ0n) is 17.4. The Morgan fingerprint density at radius 3 is 2.66 bits per heavy atom. The number of benzene rings is 1. The van der Waals surface area contributed by atoms with Crippen LogP contribution in [-0.4, -0.2) is 50.1 Å². The Labute approximate surface area is 188 Å². The number of anilines is 2. The van der Waals surface area contributed by atoms with E-state index in [-0.39, 0.29) is 24.7 Å². The van der Waals surface area contributed by atoms with Crippen molar-refractivity contribution in [2.24, 2.45) is 7.05 Å². The number of carbonyl (C=O) groups excluding carboxylic acids is 3. The van der Waals surface area contributed by atoms with Gasteiger partial charge in [0.05, 0.1) is 34.4 Å². The molecule has 0 spiro atoms. The Bertz CT molecular complexity index is 1290. The van der Waals surface area contributed by atoms with Crippen molar-refractivity contribution in [3.8, 4) is 11.1 Å². The van der Waals surface area contributed by atoms with Crippen molar-refractivity contribution in [1.29, 1.82) is 0 Å². The largest absolute Gasteiger partial charge is 0.321 e. The molecule has 5 rings (SSSR count). The van der Waals surface area contributed by atoms with Crippen molar-refractivity contribution in [2.45, 2.75) is 18.5 Å². The lowest BCUT2D eigenvalue weighted by molar-refractivity contribution is -0.128. The van der Waals surface area contributed by atoms with Crippen molar-refractivity contribution in [3.05, 3.63) is 59.6 Å². The van der Waals surface area contributed by atoms with Crippen LogP contribution in [0.1, 0.15) is 23.2 Å². The average Bonchev–Trinajstić information content (AvgIpc) is 3.36. The highest BCUT2D eigenvalue weighted by Crippen LogP contribution is 2.45. The van der Waals surface area contributed by atoms with E-state index < -0.39 is 11.6 Å². The first-order valence-corrected chi connectivity index (χ1v) is 10.4. The fourth-order valence-electron chi connectivity index (χ4n) is 4.44. The molecule has 32 heavy (non-hydrogen) atoms.